The zero-order valence-corrected chi connectivity index (χ0v) is 12.8. The lowest BCUT2D eigenvalue weighted by Crippen LogP contribution is -2.40. The van der Waals surface area contributed by atoms with Crippen molar-refractivity contribution in [1.29, 1.82) is 0 Å². The molecular formula is C16H20BrNO. The molecule has 4 atom stereocenters. The van der Waals surface area contributed by atoms with Crippen LogP contribution in [0.25, 0.3) is 0 Å². The van der Waals surface area contributed by atoms with Crippen LogP contribution in [0.15, 0.2) is 28.7 Å². The first-order chi connectivity index (χ1) is 9.15. The number of halogens is 1. The lowest BCUT2D eigenvalue weighted by Gasteiger charge is -2.28. The molecule has 2 fully saturated rings. The molecule has 0 aliphatic heterocycles. The number of rotatable bonds is 3. The summed E-state index contributed by atoms with van der Waals surface area (Å²) < 4.78 is 0.868. The number of carbonyl (C=O) groups is 1. The van der Waals surface area contributed by atoms with Gasteiger partial charge >= 0.3 is 0 Å². The molecule has 2 aliphatic carbocycles. The first-order valence-corrected chi connectivity index (χ1v) is 8.00. The van der Waals surface area contributed by atoms with Crippen LogP contribution in [0.3, 0.4) is 0 Å². The van der Waals surface area contributed by atoms with Gasteiger partial charge in [-0.3, -0.25) is 4.79 Å². The van der Waals surface area contributed by atoms with Gasteiger partial charge in [0.2, 0.25) is 0 Å². The zero-order valence-electron chi connectivity index (χ0n) is 11.2. The highest BCUT2D eigenvalue weighted by molar-refractivity contribution is 9.10. The summed E-state index contributed by atoms with van der Waals surface area (Å²) in [5.41, 5.74) is 0.734. The van der Waals surface area contributed by atoms with Crippen LogP contribution in [0.2, 0.25) is 0 Å². The van der Waals surface area contributed by atoms with E-state index in [-0.39, 0.29) is 11.9 Å². The van der Waals surface area contributed by atoms with Crippen molar-refractivity contribution in [2.75, 3.05) is 0 Å². The van der Waals surface area contributed by atoms with Crippen LogP contribution in [0.1, 0.15) is 43.0 Å². The largest absolute Gasteiger partial charge is 0.349 e. The third kappa shape index (κ3) is 2.58. The number of fused-ring (bicyclic) bond motifs is 2. The summed E-state index contributed by atoms with van der Waals surface area (Å²) >= 11 is 3.44. The molecule has 0 aromatic heterocycles. The Balaban J connectivity index is 1.65. The molecule has 19 heavy (non-hydrogen) atoms. The molecular weight excluding hydrogens is 302 g/mol. The normalized spacial score (nSPS) is 30.3. The standard InChI is InChI=1S/C16H20BrNO/c1-10(14-9-11-6-7-12(14)8-11)18-16(19)13-4-2-3-5-15(13)17/h2-5,10-12,14H,6-9H2,1H3,(H,18,19)/t10-,11+,12+,14-/m1/s1. The van der Waals surface area contributed by atoms with Gasteiger partial charge in [-0.25, -0.2) is 0 Å². The lowest BCUT2D eigenvalue weighted by atomic mass is 9.84. The van der Waals surface area contributed by atoms with E-state index in [9.17, 15) is 4.79 Å². The molecule has 1 aromatic carbocycles. The third-order valence-electron chi connectivity index (χ3n) is 4.91. The van der Waals surface area contributed by atoms with E-state index in [1.165, 1.54) is 25.7 Å². The molecule has 2 aliphatic rings. The molecule has 1 amide bonds. The monoisotopic (exact) mass is 321 g/mol. The molecule has 2 saturated carbocycles. The Bertz CT molecular complexity index is 487. The molecule has 1 N–H and O–H groups in total. The van der Waals surface area contributed by atoms with E-state index < -0.39 is 0 Å². The van der Waals surface area contributed by atoms with Gasteiger partial charge in [0, 0.05) is 10.5 Å². The summed E-state index contributed by atoms with van der Waals surface area (Å²) in [6.45, 7) is 2.17. The number of benzene rings is 1. The minimum atomic E-state index is 0.0442. The Labute approximate surface area is 123 Å². The fourth-order valence-corrected chi connectivity index (χ4v) is 4.41. The van der Waals surface area contributed by atoms with Crippen LogP contribution in [0, 0.1) is 17.8 Å². The van der Waals surface area contributed by atoms with Crippen LogP contribution in [0.4, 0.5) is 0 Å². The Hall–Kier alpha value is -0.830. The summed E-state index contributed by atoms with van der Waals surface area (Å²) in [6.07, 6.45) is 5.47. The first kappa shape index (κ1) is 13.2. The fourth-order valence-electron chi connectivity index (χ4n) is 3.94. The van der Waals surface area contributed by atoms with Crippen molar-refractivity contribution >= 4 is 21.8 Å². The minimum Gasteiger partial charge on any atom is -0.349 e. The highest BCUT2D eigenvalue weighted by Gasteiger charge is 2.42. The highest BCUT2D eigenvalue weighted by Crippen LogP contribution is 2.49. The van der Waals surface area contributed by atoms with Gasteiger partial charge in [0.1, 0.15) is 0 Å². The summed E-state index contributed by atoms with van der Waals surface area (Å²) in [7, 11) is 0. The summed E-state index contributed by atoms with van der Waals surface area (Å²) in [5.74, 6) is 2.50. The van der Waals surface area contributed by atoms with Gasteiger partial charge in [-0.05, 0) is 72.0 Å². The van der Waals surface area contributed by atoms with Crippen molar-refractivity contribution < 1.29 is 4.79 Å². The second kappa shape index (κ2) is 5.28. The van der Waals surface area contributed by atoms with Crippen molar-refractivity contribution in [2.45, 2.75) is 38.6 Å². The SMILES string of the molecule is C[C@@H](NC(=O)c1ccccc1Br)[C@H]1C[C@H]2CC[C@H]1C2. The van der Waals surface area contributed by atoms with E-state index >= 15 is 0 Å². The molecule has 0 saturated heterocycles. The second-order valence-electron chi connectivity index (χ2n) is 6.08. The molecule has 3 rings (SSSR count). The Morgan fingerprint density at radius 3 is 2.74 bits per heavy atom. The van der Waals surface area contributed by atoms with Gasteiger partial charge in [-0.15, -0.1) is 0 Å². The van der Waals surface area contributed by atoms with E-state index in [0.717, 1.165) is 21.9 Å². The van der Waals surface area contributed by atoms with Crippen molar-refractivity contribution in [1.82, 2.24) is 5.32 Å². The van der Waals surface area contributed by atoms with E-state index in [4.69, 9.17) is 0 Å². The lowest BCUT2D eigenvalue weighted by molar-refractivity contribution is 0.0914. The van der Waals surface area contributed by atoms with Gasteiger partial charge in [-0.2, -0.15) is 0 Å². The van der Waals surface area contributed by atoms with E-state index in [2.05, 4.69) is 28.2 Å². The maximum absolute atomic E-state index is 12.3. The predicted molar refractivity (Wildman–Crippen MR) is 80.0 cm³/mol. The summed E-state index contributed by atoms with van der Waals surface area (Å²) in [6, 6.07) is 7.90. The summed E-state index contributed by atoms with van der Waals surface area (Å²) in [5, 5.41) is 3.19. The van der Waals surface area contributed by atoms with Crippen LogP contribution >= 0.6 is 15.9 Å². The third-order valence-corrected chi connectivity index (χ3v) is 5.60. The number of carbonyl (C=O) groups excluding carboxylic acids is 1. The molecule has 0 radical (unpaired) electrons. The molecule has 2 nitrogen and oxygen atoms in total. The maximum Gasteiger partial charge on any atom is 0.252 e. The summed E-state index contributed by atoms with van der Waals surface area (Å²) in [4.78, 5) is 12.3. The predicted octanol–water partition coefficient (Wildman–Crippen LogP) is 4.00. The van der Waals surface area contributed by atoms with Crippen LogP contribution < -0.4 is 5.32 Å². The number of hydrogen-bond donors (Lipinski definition) is 1. The van der Waals surface area contributed by atoms with Crippen molar-refractivity contribution in [3.63, 3.8) is 0 Å². The van der Waals surface area contributed by atoms with E-state index in [0.29, 0.717) is 5.92 Å². The van der Waals surface area contributed by atoms with E-state index in [1.54, 1.807) is 0 Å². The van der Waals surface area contributed by atoms with Crippen LogP contribution in [-0.2, 0) is 0 Å². The number of amides is 1. The quantitative estimate of drug-likeness (QED) is 0.895. The maximum atomic E-state index is 12.3. The first-order valence-electron chi connectivity index (χ1n) is 7.20. The van der Waals surface area contributed by atoms with Gasteiger partial charge in [-0.1, -0.05) is 18.6 Å². The Morgan fingerprint density at radius 2 is 2.11 bits per heavy atom. The van der Waals surface area contributed by atoms with Crippen molar-refractivity contribution in [3.8, 4) is 0 Å². The second-order valence-corrected chi connectivity index (χ2v) is 6.94. The molecule has 0 unspecified atom stereocenters. The van der Waals surface area contributed by atoms with Gasteiger partial charge in [0.15, 0.2) is 0 Å². The Morgan fingerprint density at radius 1 is 1.32 bits per heavy atom. The number of hydrogen-bond acceptors (Lipinski definition) is 1. The fraction of sp³-hybridized carbons (Fsp3) is 0.562. The molecule has 2 bridgehead atoms. The van der Waals surface area contributed by atoms with E-state index in [1.807, 2.05) is 24.3 Å². The van der Waals surface area contributed by atoms with Gasteiger partial charge in [0.25, 0.3) is 5.91 Å². The molecule has 102 valence electrons. The minimum absolute atomic E-state index is 0.0442. The van der Waals surface area contributed by atoms with Crippen LogP contribution in [-0.4, -0.2) is 11.9 Å². The van der Waals surface area contributed by atoms with Crippen molar-refractivity contribution in [2.24, 2.45) is 17.8 Å². The average Bonchev–Trinajstić information content (AvgIpc) is 3.01. The molecule has 0 heterocycles. The Kier molecular flexibility index (Phi) is 3.66. The number of nitrogens with one attached hydrogen (secondary N) is 1. The molecule has 1 aromatic rings. The van der Waals surface area contributed by atoms with Crippen molar-refractivity contribution in [3.05, 3.63) is 34.3 Å². The molecule has 0 spiro atoms. The van der Waals surface area contributed by atoms with Gasteiger partial charge < -0.3 is 5.32 Å². The topological polar surface area (TPSA) is 29.1 Å². The smallest absolute Gasteiger partial charge is 0.252 e. The van der Waals surface area contributed by atoms with Crippen LogP contribution in [0.5, 0.6) is 0 Å². The average molecular weight is 322 g/mol. The molecule has 3 heteroatoms. The zero-order chi connectivity index (χ0) is 13.4. The van der Waals surface area contributed by atoms with Gasteiger partial charge in [0.05, 0.1) is 5.56 Å². The highest BCUT2D eigenvalue weighted by atomic mass is 79.9.